The Morgan fingerprint density at radius 3 is 2.65 bits per heavy atom. The Morgan fingerprint density at radius 1 is 1.48 bits per heavy atom. The van der Waals surface area contributed by atoms with E-state index in [0.29, 0.717) is 18.4 Å². The van der Waals surface area contributed by atoms with Crippen LogP contribution in [0.25, 0.3) is 0 Å². The van der Waals surface area contributed by atoms with E-state index in [0.717, 1.165) is 24.4 Å². The van der Waals surface area contributed by atoms with Crippen LogP contribution in [0.1, 0.15) is 30.9 Å². The van der Waals surface area contributed by atoms with Crippen molar-refractivity contribution >= 4 is 13.8 Å². The molecular formula is C18H24BNO3. The summed E-state index contributed by atoms with van der Waals surface area (Å²) < 4.78 is 6.04. The van der Waals surface area contributed by atoms with E-state index in [4.69, 9.17) is 17.7 Å². The maximum absolute atomic E-state index is 10.9. The van der Waals surface area contributed by atoms with Gasteiger partial charge in [-0.2, -0.15) is 0 Å². The highest BCUT2D eigenvalue weighted by atomic mass is 16.5. The standard InChI is InChI=1S/C18H24BNO3/c1-10-6-13(16-12(3)17(16)19)4-5-15(10)23-14-8-20(9-14)7-11(2)18(21)22/h4-6,11-12,14,16-17H,7-9H2,1-3H3,(H,21,22). The molecule has 4 atom stereocenters. The lowest BCUT2D eigenvalue weighted by molar-refractivity contribution is -0.142. The molecule has 2 aliphatic rings. The molecule has 2 radical (unpaired) electrons. The number of likely N-dealkylation sites (tertiary alicyclic amines) is 1. The fourth-order valence-corrected chi connectivity index (χ4v) is 3.42. The van der Waals surface area contributed by atoms with Crippen molar-refractivity contribution < 1.29 is 14.6 Å². The van der Waals surface area contributed by atoms with E-state index >= 15 is 0 Å². The number of hydrogen-bond donors (Lipinski definition) is 1. The van der Waals surface area contributed by atoms with E-state index in [2.05, 4.69) is 30.9 Å². The highest BCUT2D eigenvalue weighted by Gasteiger charge is 2.43. The number of aliphatic carboxylic acids is 1. The van der Waals surface area contributed by atoms with E-state index in [9.17, 15) is 4.79 Å². The number of nitrogens with zero attached hydrogens (tertiary/aromatic N) is 1. The third-order valence-corrected chi connectivity index (χ3v) is 5.20. The van der Waals surface area contributed by atoms with E-state index < -0.39 is 5.97 Å². The molecule has 1 aromatic carbocycles. The molecule has 4 nitrogen and oxygen atoms in total. The quantitative estimate of drug-likeness (QED) is 0.820. The van der Waals surface area contributed by atoms with Gasteiger partial charge in [-0.15, -0.1) is 0 Å². The minimum Gasteiger partial charge on any atom is -0.487 e. The zero-order valence-electron chi connectivity index (χ0n) is 14.0. The zero-order chi connectivity index (χ0) is 16.7. The van der Waals surface area contributed by atoms with Crippen molar-refractivity contribution in [3.63, 3.8) is 0 Å². The zero-order valence-corrected chi connectivity index (χ0v) is 14.0. The molecule has 2 fully saturated rings. The molecule has 0 aromatic heterocycles. The van der Waals surface area contributed by atoms with Gasteiger partial charge < -0.3 is 9.84 Å². The fraction of sp³-hybridized carbons (Fsp3) is 0.611. The van der Waals surface area contributed by atoms with Crippen molar-refractivity contribution in [1.82, 2.24) is 4.90 Å². The SMILES string of the molecule is [B]C1C(C)C1c1ccc(OC2CN(CC(C)C(=O)O)C2)c(C)c1. The van der Waals surface area contributed by atoms with Crippen molar-refractivity contribution in [2.75, 3.05) is 19.6 Å². The van der Waals surface area contributed by atoms with Crippen LogP contribution >= 0.6 is 0 Å². The molecule has 4 unspecified atom stereocenters. The maximum atomic E-state index is 10.9. The Hall–Kier alpha value is -1.49. The first kappa shape index (κ1) is 16.4. The lowest BCUT2D eigenvalue weighted by atomic mass is 9.96. The lowest BCUT2D eigenvalue weighted by Gasteiger charge is -2.40. The number of carboxylic acids is 1. The molecule has 1 saturated heterocycles. The van der Waals surface area contributed by atoms with E-state index in [1.54, 1.807) is 6.92 Å². The van der Waals surface area contributed by atoms with E-state index in [1.807, 2.05) is 6.07 Å². The monoisotopic (exact) mass is 313 g/mol. The minimum atomic E-state index is -0.742. The van der Waals surface area contributed by atoms with Gasteiger partial charge in [0.05, 0.1) is 13.8 Å². The summed E-state index contributed by atoms with van der Waals surface area (Å²) in [6, 6.07) is 6.36. The fourth-order valence-electron chi connectivity index (χ4n) is 3.42. The molecular weight excluding hydrogens is 289 g/mol. The van der Waals surface area contributed by atoms with Crippen LogP contribution in [0.5, 0.6) is 5.75 Å². The van der Waals surface area contributed by atoms with Crippen LogP contribution in [0, 0.1) is 18.8 Å². The number of rotatable bonds is 6. The van der Waals surface area contributed by atoms with Crippen molar-refractivity contribution in [2.24, 2.45) is 11.8 Å². The van der Waals surface area contributed by atoms with Crippen LogP contribution in [0.2, 0.25) is 5.82 Å². The largest absolute Gasteiger partial charge is 0.487 e. The van der Waals surface area contributed by atoms with Crippen LogP contribution in [0.4, 0.5) is 0 Å². The van der Waals surface area contributed by atoms with Gasteiger partial charge in [0.2, 0.25) is 0 Å². The van der Waals surface area contributed by atoms with Crippen molar-refractivity contribution in [3.05, 3.63) is 29.3 Å². The number of benzene rings is 1. The predicted molar refractivity (Wildman–Crippen MR) is 90.2 cm³/mol. The first-order valence-electron chi connectivity index (χ1n) is 8.34. The average Bonchev–Trinajstić information content (AvgIpc) is 3.05. The first-order chi connectivity index (χ1) is 10.9. The maximum Gasteiger partial charge on any atom is 0.307 e. The Balaban J connectivity index is 1.51. The number of ether oxygens (including phenoxy) is 1. The third kappa shape index (κ3) is 3.39. The topological polar surface area (TPSA) is 49.8 Å². The first-order valence-corrected chi connectivity index (χ1v) is 8.34. The smallest absolute Gasteiger partial charge is 0.307 e. The summed E-state index contributed by atoms with van der Waals surface area (Å²) >= 11 is 0. The summed E-state index contributed by atoms with van der Waals surface area (Å²) in [5.41, 5.74) is 2.45. The van der Waals surface area contributed by atoms with Crippen molar-refractivity contribution in [1.29, 1.82) is 0 Å². The Kier molecular flexibility index (Phi) is 4.41. The highest BCUT2D eigenvalue weighted by molar-refractivity contribution is 6.15. The lowest BCUT2D eigenvalue weighted by Crippen LogP contribution is -2.55. The summed E-state index contributed by atoms with van der Waals surface area (Å²) in [6.07, 6.45) is 0.155. The molecule has 1 saturated carbocycles. The molecule has 1 aromatic rings. The molecule has 1 aliphatic heterocycles. The van der Waals surface area contributed by atoms with Crippen molar-refractivity contribution in [3.8, 4) is 5.75 Å². The van der Waals surface area contributed by atoms with E-state index in [-0.39, 0.29) is 17.8 Å². The van der Waals surface area contributed by atoms with Crippen LogP contribution in [0.15, 0.2) is 18.2 Å². The molecule has 1 heterocycles. The van der Waals surface area contributed by atoms with Gasteiger partial charge in [-0.3, -0.25) is 9.69 Å². The summed E-state index contributed by atoms with van der Waals surface area (Å²) in [6.45, 7) is 8.18. The second kappa shape index (κ2) is 6.19. The second-order valence-corrected chi connectivity index (χ2v) is 7.18. The molecule has 0 bridgehead atoms. The molecule has 3 rings (SSSR count). The Labute approximate surface area is 139 Å². The van der Waals surface area contributed by atoms with Crippen LogP contribution in [-0.4, -0.2) is 49.6 Å². The molecule has 23 heavy (non-hydrogen) atoms. The van der Waals surface area contributed by atoms with E-state index in [1.165, 1.54) is 5.56 Å². The Morgan fingerprint density at radius 2 is 2.13 bits per heavy atom. The van der Waals surface area contributed by atoms with Gasteiger partial charge in [0, 0.05) is 19.6 Å². The van der Waals surface area contributed by atoms with Gasteiger partial charge in [-0.25, -0.2) is 0 Å². The third-order valence-electron chi connectivity index (χ3n) is 5.20. The van der Waals surface area contributed by atoms with Crippen LogP contribution in [0.3, 0.4) is 0 Å². The molecule has 122 valence electrons. The van der Waals surface area contributed by atoms with Gasteiger partial charge in [0.25, 0.3) is 0 Å². The van der Waals surface area contributed by atoms with Crippen molar-refractivity contribution in [2.45, 2.75) is 38.6 Å². The number of carboxylic acid groups (broad SMARTS) is 1. The van der Waals surface area contributed by atoms with Gasteiger partial charge >= 0.3 is 5.97 Å². The highest BCUT2D eigenvalue weighted by Crippen LogP contribution is 2.57. The van der Waals surface area contributed by atoms with Gasteiger partial charge in [0.15, 0.2) is 0 Å². The number of carbonyl (C=O) groups is 1. The average molecular weight is 313 g/mol. The predicted octanol–water partition coefficient (Wildman–Crippen LogP) is 2.47. The summed E-state index contributed by atoms with van der Waals surface area (Å²) in [4.78, 5) is 13.0. The molecule has 0 spiro atoms. The second-order valence-electron chi connectivity index (χ2n) is 7.18. The summed E-state index contributed by atoms with van der Waals surface area (Å²) in [5.74, 6) is 1.19. The Bertz CT molecular complexity index is 592. The van der Waals surface area contributed by atoms with Gasteiger partial charge in [-0.05, 0) is 36.0 Å². The number of hydrogen-bond acceptors (Lipinski definition) is 3. The molecule has 5 heteroatoms. The van der Waals surface area contributed by atoms with Gasteiger partial charge in [0.1, 0.15) is 11.9 Å². The van der Waals surface area contributed by atoms with Crippen LogP contribution in [-0.2, 0) is 4.79 Å². The minimum absolute atomic E-state index is 0.155. The summed E-state index contributed by atoms with van der Waals surface area (Å²) in [5, 5.41) is 8.93. The normalized spacial score (nSPS) is 28.9. The summed E-state index contributed by atoms with van der Waals surface area (Å²) in [7, 11) is 6.04. The molecule has 0 amide bonds. The molecule has 1 N–H and O–H groups in total. The molecule has 1 aliphatic carbocycles. The van der Waals surface area contributed by atoms with Gasteiger partial charge in [-0.1, -0.05) is 31.8 Å². The van der Waals surface area contributed by atoms with Crippen LogP contribution < -0.4 is 4.74 Å². The number of aryl methyl sites for hydroxylation is 1.